The molecule has 0 bridgehead atoms. The summed E-state index contributed by atoms with van der Waals surface area (Å²) in [7, 11) is 0. The molecular weight excluding hydrogens is 174 g/mol. The number of hydrogen-bond donors (Lipinski definition) is 1. The molecule has 1 aliphatic carbocycles. The van der Waals surface area contributed by atoms with E-state index in [2.05, 4.69) is 24.1 Å². The summed E-state index contributed by atoms with van der Waals surface area (Å²) in [5.41, 5.74) is 3.50. The zero-order valence-electron chi connectivity index (χ0n) is 8.83. The van der Waals surface area contributed by atoms with Crippen molar-refractivity contribution in [2.24, 2.45) is 0 Å². The highest BCUT2D eigenvalue weighted by atomic mass is 16.3. The Morgan fingerprint density at radius 1 is 1.36 bits per heavy atom. The van der Waals surface area contributed by atoms with Gasteiger partial charge in [0.2, 0.25) is 0 Å². The lowest BCUT2D eigenvalue weighted by molar-refractivity contribution is 0.0738. The van der Waals surface area contributed by atoms with Gasteiger partial charge in [0.25, 0.3) is 0 Å². The van der Waals surface area contributed by atoms with Crippen LogP contribution in [0.3, 0.4) is 0 Å². The van der Waals surface area contributed by atoms with Crippen LogP contribution in [0.15, 0.2) is 17.7 Å². The van der Waals surface area contributed by atoms with Crippen LogP contribution in [-0.2, 0) is 12.0 Å². The van der Waals surface area contributed by atoms with Crippen LogP contribution in [0.5, 0.6) is 0 Å². The first-order chi connectivity index (χ1) is 6.47. The smallest absolute Gasteiger partial charge is 0.101 e. The number of nitrogens with zero attached hydrogens (tertiary/aromatic N) is 1. The molecule has 14 heavy (non-hydrogen) atoms. The number of pyridine rings is 1. The molecule has 1 aromatic rings. The average Bonchev–Trinajstić information content (AvgIpc) is 2.41. The number of hydrogen-bond acceptors (Lipinski definition) is 2. The predicted octanol–water partition coefficient (Wildman–Crippen LogP) is 2.27. The van der Waals surface area contributed by atoms with Crippen molar-refractivity contribution >= 4 is 6.08 Å². The summed E-state index contributed by atoms with van der Waals surface area (Å²) in [5, 5.41) is 9.80. The SMILES string of the molecule is CC1=Cc2nc(C(C)(C)O)ccc2C1. The molecule has 0 aromatic carbocycles. The number of fused-ring (bicyclic) bond motifs is 1. The van der Waals surface area contributed by atoms with E-state index in [9.17, 15) is 5.11 Å². The van der Waals surface area contributed by atoms with E-state index >= 15 is 0 Å². The van der Waals surface area contributed by atoms with E-state index < -0.39 is 5.60 Å². The summed E-state index contributed by atoms with van der Waals surface area (Å²) in [6, 6.07) is 3.97. The fourth-order valence-electron chi connectivity index (χ4n) is 1.70. The first-order valence-corrected chi connectivity index (χ1v) is 4.87. The quantitative estimate of drug-likeness (QED) is 0.735. The molecule has 0 fully saturated rings. The highest BCUT2D eigenvalue weighted by Crippen LogP contribution is 2.26. The van der Waals surface area contributed by atoms with Crippen LogP contribution in [0.4, 0.5) is 0 Å². The highest BCUT2D eigenvalue weighted by Gasteiger charge is 2.20. The molecule has 1 aromatic heterocycles. The van der Waals surface area contributed by atoms with Crippen molar-refractivity contribution in [2.75, 3.05) is 0 Å². The van der Waals surface area contributed by atoms with Crippen LogP contribution in [0, 0.1) is 0 Å². The zero-order chi connectivity index (χ0) is 10.3. The Morgan fingerprint density at radius 3 is 2.71 bits per heavy atom. The van der Waals surface area contributed by atoms with Gasteiger partial charge < -0.3 is 5.11 Å². The molecule has 0 saturated carbocycles. The molecule has 1 N–H and O–H groups in total. The molecule has 0 saturated heterocycles. The molecule has 74 valence electrons. The second-order valence-electron chi connectivity index (χ2n) is 4.47. The largest absolute Gasteiger partial charge is 0.384 e. The topological polar surface area (TPSA) is 33.1 Å². The normalized spacial score (nSPS) is 15.3. The lowest BCUT2D eigenvalue weighted by Crippen LogP contribution is -2.17. The number of aromatic nitrogens is 1. The third kappa shape index (κ3) is 1.58. The minimum atomic E-state index is -0.848. The Balaban J connectivity index is 2.46. The molecule has 2 heteroatoms. The van der Waals surface area contributed by atoms with E-state index in [1.165, 1.54) is 11.1 Å². The lowest BCUT2D eigenvalue weighted by atomic mass is 10.0. The van der Waals surface area contributed by atoms with E-state index in [-0.39, 0.29) is 0 Å². The van der Waals surface area contributed by atoms with Crippen molar-refractivity contribution in [1.29, 1.82) is 0 Å². The van der Waals surface area contributed by atoms with E-state index in [0.29, 0.717) is 0 Å². The molecule has 0 spiro atoms. The van der Waals surface area contributed by atoms with Crippen molar-refractivity contribution in [1.82, 2.24) is 4.98 Å². The molecule has 1 aliphatic rings. The molecule has 0 aliphatic heterocycles. The van der Waals surface area contributed by atoms with E-state index in [1.807, 2.05) is 6.07 Å². The van der Waals surface area contributed by atoms with Crippen LogP contribution in [0.1, 0.15) is 37.7 Å². The van der Waals surface area contributed by atoms with E-state index in [1.54, 1.807) is 13.8 Å². The van der Waals surface area contributed by atoms with Gasteiger partial charge in [-0.3, -0.25) is 4.98 Å². The predicted molar refractivity (Wildman–Crippen MR) is 56.8 cm³/mol. The van der Waals surface area contributed by atoms with Crippen LogP contribution < -0.4 is 0 Å². The van der Waals surface area contributed by atoms with Gasteiger partial charge in [0.15, 0.2) is 0 Å². The van der Waals surface area contributed by atoms with Crippen LogP contribution in [-0.4, -0.2) is 10.1 Å². The van der Waals surface area contributed by atoms with Gasteiger partial charge in [0.05, 0.1) is 11.4 Å². The van der Waals surface area contributed by atoms with E-state index in [4.69, 9.17) is 0 Å². The van der Waals surface area contributed by atoms with Crippen molar-refractivity contribution in [2.45, 2.75) is 32.8 Å². The Bertz CT molecular complexity index is 399. The summed E-state index contributed by atoms with van der Waals surface area (Å²) < 4.78 is 0. The zero-order valence-corrected chi connectivity index (χ0v) is 8.83. The molecule has 0 radical (unpaired) electrons. The molecule has 1 heterocycles. The van der Waals surface area contributed by atoms with Gasteiger partial charge in [-0.15, -0.1) is 0 Å². The van der Waals surface area contributed by atoms with Crippen LogP contribution in [0.2, 0.25) is 0 Å². The van der Waals surface area contributed by atoms with Crippen LogP contribution >= 0.6 is 0 Å². The first kappa shape index (κ1) is 9.41. The van der Waals surface area contributed by atoms with Crippen molar-refractivity contribution in [3.63, 3.8) is 0 Å². The van der Waals surface area contributed by atoms with Crippen molar-refractivity contribution < 1.29 is 5.11 Å². The second kappa shape index (κ2) is 2.92. The summed E-state index contributed by atoms with van der Waals surface area (Å²) in [4.78, 5) is 4.45. The fourth-order valence-corrected chi connectivity index (χ4v) is 1.70. The summed E-state index contributed by atoms with van der Waals surface area (Å²) in [5.74, 6) is 0. The molecule has 2 nitrogen and oxygen atoms in total. The minimum absolute atomic E-state index is 0.738. The maximum Gasteiger partial charge on any atom is 0.101 e. The maximum absolute atomic E-state index is 9.80. The Labute approximate surface area is 84.3 Å². The summed E-state index contributed by atoms with van der Waals surface area (Å²) in [6.45, 7) is 5.62. The van der Waals surface area contributed by atoms with Gasteiger partial charge in [-0.2, -0.15) is 0 Å². The standard InChI is InChI=1S/C12H15NO/c1-8-6-9-4-5-11(12(2,3)14)13-10(9)7-8/h4-5,7,14H,6H2,1-3H3. The Morgan fingerprint density at radius 2 is 2.07 bits per heavy atom. The fraction of sp³-hybridized carbons (Fsp3) is 0.417. The van der Waals surface area contributed by atoms with Gasteiger partial charge in [-0.1, -0.05) is 11.6 Å². The van der Waals surface area contributed by atoms with Gasteiger partial charge in [-0.25, -0.2) is 0 Å². The summed E-state index contributed by atoms with van der Waals surface area (Å²) >= 11 is 0. The third-order valence-corrected chi connectivity index (χ3v) is 2.49. The minimum Gasteiger partial charge on any atom is -0.384 e. The molecule has 0 unspecified atom stereocenters. The average molecular weight is 189 g/mol. The number of allylic oxidation sites excluding steroid dienone is 1. The Kier molecular flexibility index (Phi) is 1.96. The molecule has 0 atom stereocenters. The monoisotopic (exact) mass is 189 g/mol. The second-order valence-corrected chi connectivity index (χ2v) is 4.47. The van der Waals surface area contributed by atoms with Gasteiger partial charge >= 0.3 is 0 Å². The maximum atomic E-state index is 9.80. The highest BCUT2D eigenvalue weighted by molar-refractivity contribution is 5.60. The number of aliphatic hydroxyl groups is 1. The van der Waals surface area contributed by atoms with E-state index in [0.717, 1.165) is 17.8 Å². The summed E-state index contributed by atoms with van der Waals surface area (Å²) in [6.07, 6.45) is 3.08. The Hall–Kier alpha value is -1.15. The molecular formula is C12H15NO. The third-order valence-electron chi connectivity index (χ3n) is 2.49. The van der Waals surface area contributed by atoms with Crippen molar-refractivity contribution in [3.05, 3.63) is 34.7 Å². The molecule has 0 amide bonds. The van der Waals surface area contributed by atoms with Gasteiger partial charge in [0.1, 0.15) is 5.60 Å². The van der Waals surface area contributed by atoms with Gasteiger partial charge in [-0.05, 0) is 44.9 Å². The van der Waals surface area contributed by atoms with Crippen molar-refractivity contribution in [3.8, 4) is 0 Å². The van der Waals surface area contributed by atoms with Gasteiger partial charge in [0, 0.05) is 0 Å². The molecule has 2 rings (SSSR count). The first-order valence-electron chi connectivity index (χ1n) is 4.87. The van der Waals surface area contributed by atoms with Crippen LogP contribution in [0.25, 0.3) is 6.08 Å². The number of rotatable bonds is 1. The lowest BCUT2D eigenvalue weighted by Gasteiger charge is -2.17.